The lowest BCUT2D eigenvalue weighted by Crippen LogP contribution is -2.23. The molecule has 52 valence electrons. The van der Waals surface area contributed by atoms with Crippen LogP contribution in [0.25, 0.3) is 0 Å². The van der Waals surface area contributed by atoms with Gasteiger partial charge in [-0.3, -0.25) is 4.79 Å². The third-order valence-electron chi connectivity index (χ3n) is 1.93. The van der Waals surface area contributed by atoms with Crippen LogP contribution in [0, 0.1) is 11.8 Å². The van der Waals surface area contributed by atoms with Gasteiger partial charge in [0, 0.05) is 6.42 Å². The Morgan fingerprint density at radius 2 is 2.22 bits per heavy atom. The minimum Gasteiger partial charge on any atom is -0.481 e. The Morgan fingerprint density at radius 3 is 2.56 bits per heavy atom. The Bertz CT molecular complexity index is 114. The topological polar surface area (TPSA) is 37.3 Å². The molecule has 0 unspecified atom stereocenters. The third-order valence-corrected chi connectivity index (χ3v) is 1.93. The van der Waals surface area contributed by atoms with Crippen molar-refractivity contribution in [2.75, 3.05) is 0 Å². The quantitative estimate of drug-likeness (QED) is 0.612. The predicted molar refractivity (Wildman–Crippen MR) is 34.1 cm³/mol. The summed E-state index contributed by atoms with van der Waals surface area (Å²) in [6.07, 6.45) is 2.61. The molecule has 1 N–H and O–H groups in total. The normalized spacial score (nSPS) is 33.4. The molecule has 0 aromatic carbocycles. The summed E-state index contributed by atoms with van der Waals surface area (Å²) in [7, 11) is 0. The maximum atomic E-state index is 10.1. The van der Waals surface area contributed by atoms with Crippen LogP contribution in [0.15, 0.2) is 0 Å². The second-order valence-electron chi connectivity index (χ2n) is 3.04. The Kier molecular flexibility index (Phi) is 1.74. The largest absolute Gasteiger partial charge is 0.481 e. The number of rotatable bonds is 2. The molecule has 2 nitrogen and oxygen atoms in total. The second kappa shape index (κ2) is 2.38. The van der Waals surface area contributed by atoms with Crippen molar-refractivity contribution in [1.29, 1.82) is 0 Å². The molecule has 1 saturated carbocycles. The van der Waals surface area contributed by atoms with E-state index in [1.807, 2.05) is 0 Å². The SMILES string of the molecule is CC1CC(CC(=O)O)C1. The van der Waals surface area contributed by atoms with Gasteiger partial charge in [0.15, 0.2) is 0 Å². The highest BCUT2D eigenvalue weighted by atomic mass is 16.4. The van der Waals surface area contributed by atoms with Crippen LogP contribution in [0.4, 0.5) is 0 Å². The molecule has 0 atom stereocenters. The molecule has 2 heteroatoms. The first-order chi connectivity index (χ1) is 4.18. The Hall–Kier alpha value is -0.530. The standard InChI is InChI=1S/C7H12O2/c1-5-2-6(3-5)4-7(8)9/h5-6H,2-4H2,1H3,(H,8,9). The Balaban J connectivity index is 2.11. The van der Waals surface area contributed by atoms with Crippen molar-refractivity contribution in [2.45, 2.75) is 26.2 Å². The van der Waals surface area contributed by atoms with Crippen molar-refractivity contribution in [3.8, 4) is 0 Å². The van der Waals surface area contributed by atoms with Gasteiger partial charge in [0.25, 0.3) is 0 Å². The fourth-order valence-electron chi connectivity index (χ4n) is 1.48. The monoisotopic (exact) mass is 128 g/mol. The van der Waals surface area contributed by atoms with E-state index in [2.05, 4.69) is 6.92 Å². The first kappa shape index (κ1) is 6.59. The van der Waals surface area contributed by atoms with Gasteiger partial charge in [-0.05, 0) is 24.7 Å². The van der Waals surface area contributed by atoms with Gasteiger partial charge < -0.3 is 5.11 Å². The summed E-state index contributed by atoms with van der Waals surface area (Å²) in [4.78, 5) is 10.1. The van der Waals surface area contributed by atoms with E-state index in [0.29, 0.717) is 12.3 Å². The molecule has 0 radical (unpaired) electrons. The lowest BCUT2D eigenvalue weighted by molar-refractivity contribution is -0.139. The van der Waals surface area contributed by atoms with Crippen LogP contribution in [0.2, 0.25) is 0 Å². The second-order valence-corrected chi connectivity index (χ2v) is 3.04. The maximum Gasteiger partial charge on any atom is 0.303 e. The maximum absolute atomic E-state index is 10.1. The van der Waals surface area contributed by atoms with Crippen molar-refractivity contribution in [1.82, 2.24) is 0 Å². The number of carboxylic acids is 1. The minimum absolute atomic E-state index is 0.379. The van der Waals surface area contributed by atoms with Crippen LogP contribution in [-0.4, -0.2) is 11.1 Å². The summed E-state index contributed by atoms with van der Waals surface area (Å²) in [5.74, 6) is 0.610. The Morgan fingerprint density at radius 1 is 1.67 bits per heavy atom. The van der Waals surface area contributed by atoms with Crippen molar-refractivity contribution >= 4 is 5.97 Å². The molecule has 0 aromatic heterocycles. The van der Waals surface area contributed by atoms with E-state index in [-0.39, 0.29) is 0 Å². The average Bonchev–Trinajstić information content (AvgIpc) is 1.60. The summed E-state index contributed by atoms with van der Waals surface area (Å²) < 4.78 is 0. The predicted octanol–water partition coefficient (Wildman–Crippen LogP) is 1.51. The molecule has 1 fully saturated rings. The summed E-state index contributed by atoms with van der Waals surface area (Å²) in [6.45, 7) is 2.17. The highest BCUT2D eigenvalue weighted by Gasteiger charge is 2.26. The van der Waals surface area contributed by atoms with Gasteiger partial charge >= 0.3 is 5.97 Å². The molecular weight excluding hydrogens is 116 g/mol. The highest BCUT2D eigenvalue weighted by Crippen LogP contribution is 2.35. The van der Waals surface area contributed by atoms with Crippen LogP contribution in [0.1, 0.15) is 26.2 Å². The molecule has 1 aliphatic rings. The van der Waals surface area contributed by atoms with Gasteiger partial charge in [-0.2, -0.15) is 0 Å². The van der Waals surface area contributed by atoms with Crippen LogP contribution in [0.5, 0.6) is 0 Å². The van der Waals surface area contributed by atoms with Crippen molar-refractivity contribution in [2.24, 2.45) is 11.8 Å². The van der Waals surface area contributed by atoms with Crippen LogP contribution < -0.4 is 0 Å². The van der Waals surface area contributed by atoms with Crippen LogP contribution >= 0.6 is 0 Å². The van der Waals surface area contributed by atoms with Gasteiger partial charge in [-0.25, -0.2) is 0 Å². The third kappa shape index (κ3) is 1.70. The molecule has 1 aliphatic carbocycles. The zero-order chi connectivity index (χ0) is 6.85. The van der Waals surface area contributed by atoms with E-state index >= 15 is 0 Å². The van der Waals surface area contributed by atoms with E-state index in [4.69, 9.17) is 5.11 Å². The first-order valence-electron chi connectivity index (χ1n) is 3.40. The number of hydrogen-bond acceptors (Lipinski definition) is 1. The highest BCUT2D eigenvalue weighted by molar-refractivity contribution is 5.67. The van der Waals surface area contributed by atoms with Gasteiger partial charge in [0.05, 0.1) is 0 Å². The molecular formula is C7H12O2. The van der Waals surface area contributed by atoms with Gasteiger partial charge in [-0.15, -0.1) is 0 Å². The molecule has 0 bridgehead atoms. The molecule has 0 heterocycles. The molecule has 0 amide bonds. The average molecular weight is 128 g/mol. The van der Waals surface area contributed by atoms with E-state index < -0.39 is 5.97 Å². The molecule has 9 heavy (non-hydrogen) atoms. The van der Waals surface area contributed by atoms with Crippen LogP contribution in [0.3, 0.4) is 0 Å². The van der Waals surface area contributed by atoms with Crippen molar-refractivity contribution < 1.29 is 9.90 Å². The number of aliphatic carboxylic acids is 1. The molecule has 0 aliphatic heterocycles. The van der Waals surface area contributed by atoms with E-state index in [1.165, 1.54) is 0 Å². The molecule has 0 spiro atoms. The van der Waals surface area contributed by atoms with Crippen LogP contribution in [-0.2, 0) is 4.79 Å². The van der Waals surface area contributed by atoms with E-state index in [0.717, 1.165) is 18.8 Å². The van der Waals surface area contributed by atoms with Gasteiger partial charge in [-0.1, -0.05) is 6.92 Å². The molecule has 0 aromatic rings. The summed E-state index contributed by atoms with van der Waals surface area (Å²) in [6, 6.07) is 0. The fourth-order valence-corrected chi connectivity index (χ4v) is 1.48. The first-order valence-corrected chi connectivity index (χ1v) is 3.40. The van der Waals surface area contributed by atoms with E-state index in [1.54, 1.807) is 0 Å². The number of carbonyl (C=O) groups is 1. The molecule has 1 rings (SSSR count). The number of carboxylic acid groups (broad SMARTS) is 1. The van der Waals surface area contributed by atoms with E-state index in [9.17, 15) is 4.79 Å². The van der Waals surface area contributed by atoms with Crippen molar-refractivity contribution in [3.63, 3.8) is 0 Å². The van der Waals surface area contributed by atoms with Crippen molar-refractivity contribution in [3.05, 3.63) is 0 Å². The fraction of sp³-hybridized carbons (Fsp3) is 0.857. The summed E-state index contributed by atoms with van der Waals surface area (Å²) in [5, 5.41) is 8.34. The smallest absolute Gasteiger partial charge is 0.303 e. The van der Waals surface area contributed by atoms with Gasteiger partial charge in [0.1, 0.15) is 0 Å². The zero-order valence-corrected chi connectivity index (χ0v) is 5.63. The summed E-state index contributed by atoms with van der Waals surface area (Å²) in [5.41, 5.74) is 0. The lowest BCUT2D eigenvalue weighted by Gasteiger charge is -2.31. The minimum atomic E-state index is -0.646. The Labute approximate surface area is 54.9 Å². The lowest BCUT2D eigenvalue weighted by atomic mass is 9.74. The summed E-state index contributed by atoms with van der Waals surface area (Å²) >= 11 is 0. The number of hydrogen-bond donors (Lipinski definition) is 1. The molecule has 0 saturated heterocycles. The van der Waals surface area contributed by atoms with Gasteiger partial charge in [0.2, 0.25) is 0 Å². The zero-order valence-electron chi connectivity index (χ0n) is 5.63.